The zero-order valence-corrected chi connectivity index (χ0v) is 7.84. The number of aromatic carboxylic acids is 1. The molecule has 3 nitrogen and oxygen atoms in total. The van der Waals surface area contributed by atoms with Gasteiger partial charge in [-0.15, -0.1) is 11.3 Å². The molecule has 0 radical (unpaired) electrons. The van der Waals surface area contributed by atoms with Crippen molar-refractivity contribution in [2.45, 2.75) is 12.8 Å². The molecule has 1 saturated carbocycles. The lowest BCUT2D eigenvalue weighted by atomic mass is 10.4. The zero-order chi connectivity index (χ0) is 9.26. The number of thiophene rings is 1. The van der Waals surface area contributed by atoms with E-state index in [1.165, 1.54) is 24.2 Å². The van der Waals surface area contributed by atoms with E-state index in [1.807, 2.05) is 0 Å². The van der Waals surface area contributed by atoms with Crippen molar-refractivity contribution >= 4 is 17.3 Å². The molecule has 0 aliphatic heterocycles. The predicted octanol–water partition coefficient (Wildman–Crippen LogP) is 2.24. The van der Waals surface area contributed by atoms with Gasteiger partial charge in [-0.2, -0.15) is 0 Å². The average Bonchev–Trinajstić information content (AvgIpc) is 2.79. The highest BCUT2D eigenvalue weighted by atomic mass is 32.1. The summed E-state index contributed by atoms with van der Waals surface area (Å²) < 4.78 is 5.41. The summed E-state index contributed by atoms with van der Waals surface area (Å²) >= 11 is 1.21. The summed E-state index contributed by atoms with van der Waals surface area (Å²) in [6.07, 6.45) is 2.49. The van der Waals surface area contributed by atoms with Crippen LogP contribution in [-0.2, 0) is 0 Å². The molecule has 1 N–H and O–H groups in total. The van der Waals surface area contributed by atoms with Crippen molar-refractivity contribution in [2.24, 2.45) is 5.92 Å². The standard InChI is InChI=1S/C9H10O3S/c10-9(11)8-3-7(5-13-8)12-4-6-1-2-6/h3,5-6H,1-2,4H2,(H,10,11). The van der Waals surface area contributed by atoms with E-state index in [0.29, 0.717) is 16.5 Å². The summed E-state index contributed by atoms with van der Waals surface area (Å²) in [7, 11) is 0. The number of carboxylic acid groups (broad SMARTS) is 1. The lowest BCUT2D eigenvalue weighted by molar-refractivity contribution is 0.0702. The molecule has 70 valence electrons. The van der Waals surface area contributed by atoms with Gasteiger partial charge in [-0.05, 0) is 18.8 Å². The molecule has 1 aliphatic carbocycles. The van der Waals surface area contributed by atoms with E-state index >= 15 is 0 Å². The molecular formula is C9H10O3S. The molecule has 0 bridgehead atoms. The first-order valence-electron chi connectivity index (χ1n) is 4.20. The van der Waals surface area contributed by atoms with Crippen molar-refractivity contribution in [3.05, 3.63) is 16.3 Å². The fourth-order valence-corrected chi connectivity index (χ4v) is 1.67. The molecule has 13 heavy (non-hydrogen) atoms. The van der Waals surface area contributed by atoms with Crippen LogP contribution in [0.3, 0.4) is 0 Å². The van der Waals surface area contributed by atoms with Crippen LogP contribution in [0.25, 0.3) is 0 Å². The van der Waals surface area contributed by atoms with Crippen LogP contribution >= 0.6 is 11.3 Å². The van der Waals surface area contributed by atoms with Gasteiger partial charge in [0.05, 0.1) is 6.61 Å². The smallest absolute Gasteiger partial charge is 0.346 e. The summed E-state index contributed by atoms with van der Waals surface area (Å²) in [6, 6.07) is 1.58. The van der Waals surface area contributed by atoms with E-state index in [0.717, 1.165) is 6.61 Å². The molecule has 1 heterocycles. The minimum absolute atomic E-state index is 0.339. The number of rotatable bonds is 4. The van der Waals surface area contributed by atoms with E-state index in [9.17, 15) is 4.79 Å². The van der Waals surface area contributed by atoms with Gasteiger partial charge in [0.25, 0.3) is 0 Å². The average molecular weight is 198 g/mol. The molecular weight excluding hydrogens is 188 g/mol. The number of carboxylic acids is 1. The molecule has 0 amide bonds. The molecule has 0 atom stereocenters. The first-order chi connectivity index (χ1) is 6.25. The Labute approximate surface area is 80.0 Å². The van der Waals surface area contributed by atoms with Gasteiger partial charge >= 0.3 is 5.97 Å². The second-order valence-corrected chi connectivity index (χ2v) is 4.12. The van der Waals surface area contributed by atoms with Crippen LogP contribution in [0, 0.1) is 5.92 Å². The van der Waals surface area contributed by atoms with Crippen LogP contribution in [0.2, 0.25) is 0 Å². The molecule has 0 unspecified atom stereocenters. The van der Waals surface area contributed by atoms with Crippen molar-refractivity contribution in [3.63, 3.8) is 0 Å². The number of ether oxygens (including phenoxy) is 1. The Bertz CT molecular complexity index is 314. The molecule has 1 aromatic rings. The Kier molecular flexibility index (Phi) is 2.22. The Morgan fingerprint density at radius 1 is 1.69 bits per heavy atom. The van der Waals surface area contributed by atoms with E-state index < -0.39 is 5.97 Å². The Hall–Kier alpha value is -1.03. The maximum Gasteiger partial charge on any atom is 0.346 e. The third-order valence-electron chi connectivity index (χ3n) is 1.97. The van der Waals surface area contributed by atoms with Crippen LogP contribution in [0.5, 0.6) is 5.75 Å². The van der Waals surface area contributed by atoms with Crippen LogP contribution < -0.4 is 4.74 Å². The van der Waals surface area contributed by atoms with Crippen molar-refractivity contribution in [2.75, 3.05) is 6.61 Å². The largest absolute Gasteiger partial charge is 0.492 e. The maximum atomic E-state index is 10.5. The minimum Gasteiger partial charge on any atom is -0.492 e. The van der Waals surface area contributed by atoms with E-state index in [2.05, 4.69) is 0 Å². The van der Waals surface area contributed by atoms with Gasteiger partial charge in [-0.25, -0.2) is 4.79 Å². The zero-order valence-electron chi connectivity index (χ0n) is 7.03. The first kappa shape index (κ1) is 8.56. The summed E-state index contributed by atoms with van der Waals surface area (Å²) in [6.45, 7) is 0.732. The third kappa shape index (κ3) is 2.21. The van der Waals surface area contributed by atoms with E-state index in [-0.39, 0.29) is 0 Å². The summed E-state index contributed by atoms with van der Waals surface area (Å²) in [4.78, 5) is 10.9. The van der Waals surface area contributed by atoms with Crippen LogP contribution in [-0.4, -0.2) is 17.7 Å². The lowest BCUT2D eigenvalue weighted by Gasteiger charge is -1.99. The van der Waals surface area contributed by atoms with Gasteiger partial charge < -0.3 is 9.84 Å². The number of hydrogen-bond acceptors (Lipinski definition) is 3. The molecule has 1 fully saturated rings. The highest BCUT2D eigenvalue weighted by Gasteiger charge is 2.22. The van der Waals surface area contributed by atoms with Crippen LogP contribution in [0.4, 0.5) is 0 Å². The SMILES string of the molecule is O=C(O)c1cc(OCC2CC2)cs1. The molecule has 2 rings (SSSR count). The van der Waals surface area contributed by atoms with Gasteiger partial charge in [0.1, 0.15) is 10.6 Å². The second kappa shape index (κ2) is 3.38. The quantitative estimate of drug-likeness (QED) is 0.807. The number of hydrogen-bond donors (Lipinski definition) is 1. The van der Waals surface area contributed by atoms with Gasteiger partial charge in [0.2, 0.25) is 0 Å². The van der Waals surface area contributed by atoms with E-state index in [4.69, 9.17) is 9.84 Å². The minimum atomic E-state index is -0.883. The Balaban J connectivity index is 1.92. The van der Waals surface area contributed by atoms with Crippen molar-refractivity contribution in [1.29, 1.82) is 0 Å². The van der Waals surface area contributed by atoms with Gasteiger partial charge in [-0.1, -0.05) is 0 Å². The monoisotopic (exact) mass is 198 g/mol. The van der Waals surface area contributed by atoms with Crippen molar-refractivity contribution < 1.29 is 14.6 Å². The van der Waals surface area contributed by atoms with Crippen LogP contribution in [0.15, 0.2) is 11.4 Å². The normalized spacial score (nSPS) is 15.7. The predicted molar refractivity (Wildman–Crippen MR) is 49.5 cm³/mol. The second-order valence-electron chi connectivity index (χ2n) is 3.21. The summed E-state index contributed by atoms with van der Waals surface area (Å²) in [5.41, 5.74) is 0. The van der Waals surface area contributed by atoms with Gasteiger partial charge in [-0.3, -0.25) is 0 Å². The van der Waals surface area contributed by atoms with E-state index in [1.54, 1.807) is 11.4 Å². The van der Waals surface area contributed by atoms with Crippen LogP contribution in [0.1, 0.15) is 22.5 Å². The van der Waals surface area contributed by atoms with Crippen molar-refractivity contribution in [3.8, 4) is 5.75 Å². The summed E-state index contributed by atoms with van der Waals surface area (Å²) in [5.74, 6) is 0.508. The molecule has 1 aliphatic rings. The molecule has 0 aromatic carbocycles. The first-order valence-corrected chi connectivity index (χ1v) is 5.08. The number of carbonyl (C=O) groups is 1. The Morgan fingerprint density at radius 3 is 3.00 bits per heavy atom. The van der Waals surface area contributed by atoms with Crippen molar-refractivity contribution in [1.82, 2.24) is 0 Å². The molecule has 4 heteroatoms. The topological polar surface area (TPSA) is 46.5 Å². The Morgan fingerprint density at radius 2 is 2.46 bits per heavy atom. The third-order valence-corrected chi connectivity index (χ3v) is 2.87. The van der Waals surface area contributed by atoms with Gasteiger partial charge in [0.15, 0.2) is 0 Å². The fraction of sp³-hybridized carbons (Fsp3) is 0.444. The molecule has 1 aromatic heterocycles. The molecule has 0 saturated heterocycles. The fourth-order valence-electron chi connectivity index (χ4n) is 1.01. The highest BCUT2D eigenvalue weighted by Crippen LogP contribution is 2.30. The molecule has 0 spiro atoms. The van der Waals surface area contributed by atoms with Gasteiger partial charge in [0, 0.05) is 11.4 Å². The maximum absolute atomic E-state index is 10.5. The summed E-state index contributed by atoms with van der Waals surface area (Å²) in [5, 5.41) is 10.4. The lowest BCUT2D eigenvalue weighted by Crippen LogP contribution is -1.97. The highest BCUT2D eigenvalue weighted by molar-refractivity contribution is 7.12.